The molecule has 1 aliphatic heterocycles. The Morgan fingerprint density at radius 3 is 2.53 bits per heavy atom. The predicted molar refractivity (Wildman–Crippen MR) is 109 cm³/mol. The molecule has 0 aliphatic carbocycles. The molecule has 2 N–H and O–H groups in total. The zero-order valence-corrected chi connectivity index (χ0v) is 17.0. The number of amides is 2. The third-order valence-electron chi connectivity index (χ3n) is 5.18. The Kier molecular flexibility index (Phi) is 5.31. The van der Waals surface area contributed by atoms with Crippen LogP contribution in [0.1, 0.15) is 42.8 Å². The molecule has 0 saturated carbocycles. The fourth-order valence-electron chi connectivity index (χ4n) is 3.47. The van der Waals surface area contributed by atoms with Gasteiger partial charge in [-0.05, 0) is 62.7 Å². The summed E-state index contributed by atoms with van der Waals surface area (Å²) in [6.07, 6.45) is 1.71. The van der Waals surface area contributed by atoms with Gasteiger partial charge in [0.05, 0.1) is 24.0 Å². The van der Waals surface area contributed by atoms with Crippen molar-refractivity contribution >= 4 is 6.03 Å². The summed E-state index contributed by atoms with van der Waals surface area (Å²) in [6.45, 7) is 5.92. The third-order valence-corrected chi connectivity index (χ3v) is 5.18. The van der Waals surface area contributed by atoms with Gasteiger partial charge in [0.2, 0.25) is 6.79 Å². The number of carbonyl (C=O) groups is 1. The monoisotopic (exact) mass is 410 g/mol. The second-order valence-electron chi connectivity index (χ2n) is 7.25. The molecule has 156 valence electrons. The second-order valence-corrected chi connectivity index (χ2v) is 7.25. The van der Waals surface area contributed by atoms with Crippen LogP contribution in [0.25, 0.3) is 5.69 Å². The lowest BCUT2D eigenvalue weighted by Crippen LogP contribution is -2.38. The molecular weight excluding hydrogens is 387 g/mol. The first-order valence-electron chi connectivity index (χ1n) is 9.69. The molecule has 3 aromatic rings. The van der Waals surface area contributed by atoms with E-state index in [4.69, 9.17) is 9.47 Å². The summed E-state index contributed by atoms with van der Waals surface area (Å²) in [4.78, 5) is 12.5. The Morgan fingerprint density at radius 1 is 1.07 bits per heavy atom. The molecule has 0 radical (unpaired) electrons. The number of fused-ring (bicyclic) bond motifs is 1. The van der Waals surface area contributed by atoms with Crippen LogP contribution in [0.4, 0.5) is 9.18 Å². The van der Waals surface area contributed by atoms with Crippen LogP contribution in [-0.4, -0.2) is 22.6 Å². The van der Waals surface area contributed by atoms with Crippen molar-refractivity contribution in [3.8, 4) is 17.2 Å². The number of nitrogens with one attached hydrogen (secondary N) is 2. The van der Waals surface area contributed by atoms with Crippen molar-refractivity contribution in [2.75, 3.05) is 6.79 Å². The van der Waals surface area contributed by atoms with E-state index in [9.17, 15) is 9.18 Å². The van der Waals surface area contributed by atoms with Gasteiger partial charge >= 0.3 is 6.03 Å². The van der Waals surface area contributed by atoms with Gasteiger partial charge in [0.1, 0.15) is 5.82 Å². The van der Waals surface area contributed by atoms with Crippen LogP contribution in [0.3, 0.4) is 0 Å². The number of ether oxygens (including phenoxy) is 2. The molecule has 2 atom stereocenters. The van der Waals surface area contributed by atoms with Crippen molar-refractivity contribution in [2.24, 2.45) is 0 Å². The normalized spacial score (nSPS) is 14.3. The smallest absolute Gasteiger partial charge is 0.315 e. The molecule has 1 aromatic heterocycles. The first-order chi connectivity index (χ1) is 14.4. The molecule has 2 aromatic carbocycles. The lowest BCUT2D eigenvalue weighted by Gasteiger charge is -2.19. The maximum atomic E-state index is 13.2. The van der Waals surface area contributed by atoms with Gasteiger partial charge in [-0.1, -0.05) is 6.07 Å². The van der Waals surface area contributed by atoms with Crippen molar-refractivity contribution in [2.45, 2.75) is 32.9 Å². The van der Waals surface area contributed by atoms with Gasteiger partial charge in [0.25, 0.3) is 0 Å². The Hall–Kier alpha value is -3.55. The number of nitrogens with zero attached hydrogens (tertiary/aromatic N) is 2. The van der Waals surface area contributed by atoms with Crippen molar-refractivity contribution in [1.82, 2.24) is 20.4 Å². The minimum atomic E-state index is -0.299. The highest BCUT2D eigenvalue weighted by Gasteiger charge is 2.19. The number of urea groups is 1. The van der Waals surface area contributed by atoms with E-state index in [1.54, 1.807) is 23.0 Å². The summed E-state index contributed by atoms with van der Waals surface area (Å²) in [5, 5.41) is 10.3. The maximum absolute atomic E-state index is 13.2. The average Bonchev–Trinajstić information content (AvgIpc) is 3.34. The van der Waals surface area contributed by atoms with Crippen LogP contribution in [0.5, 0.6) is 11.5 Å². The number of aromatic nitrogens is 2. The first kappa shape index (κ1) is 19.8. The van der Waals surface area contributed by atoms with E-state index in [0.717, 1.165) is 22.5 Å². The highest BCUT2D eigenvalue weighted by molar-refractivity contribution is 5.75. The summed E-state index contributed by atoms with van der Waals surface area (Å²) in [7, 11) is 0. The number of benzene rings is 2. The van der Waals surface area contributed by atoms with Crippen LogP contribution in [0.15, 0.2) is 48.7 Å². The molecule has 4 rings (SSSR count). The van der Waals surface area contributed by atoms with Crippen LogP contribution in [0, 0.1) is 12.7 Å². The SMILES string of the molecule is Cc1c([C@H](C)NC(=O)N[C@@H](C)c2ccc3c(c2)OCO3)cnn1-c1ccc(F)cc1. The lowest BCUT2D eigenvalue weighted by molar-refractivity contribution is 0.174. The number of hydrogen-bond donors (Lipinski definition) is 2. The molecule has 2 heterocycles. The summed E-state index contributed by atoms with van der Waals surface area (Å²) in [6, 6.07) is 11.0. The third kappa shape index (κ3) is 3.94. The van der Waals surface area contributed by atoms with Crippen molar-refractivity contribution in [1.29, 1.82) is 0 Å². The molecule has 30 heavy (non-hydrogen) atoms. The predicted octanol–water partition coefficient (Wildman–Crippen LogP) is 4.17. The van der Waals surface area contributed by atoms with Gasteiger partial charge in [-0.25, -0.2) is 13.9 Å². The minimum Gasteiger partial charge on any atom is -0.454 e. The van der Waals surface area contributed by atoms with Crippen LogP contribution < -0.4 is 20.1 Å². The van der Waals surface area contributed by atoms with Gasteiger partial charge in [0.15, 0.2) is 11.5 Å². The summed E-state index contributed by atoms with van der Waals surface area (Å²) >= 11 is 0. The summed E-state index contributed by atoms with van der Waals surface area (Å²) in [5.74, 6) is 1.09. The Labute approximate surface area is 173 Å². The van der Waals surface area contributed by atoms with Crippen LogP contribution in [0.2, 0.25) is 0 Å². The van der Waals surface area contributed by atoms with Crippen LogP contribution >= 0.6 is 0 Å². The number of rotatable bonds is 5. The molecule has 2 amide bonds. The molecular formula is C22H23FN4O3. The van der Waals surface area contributed by atoms with Crippen molar-refractivity contribution < 1.29 is 18.7 Å². The first-order valence-corrected chi connectivity index (χ1v) is 9.69. The van der Waals surface area contributed by atoms with Gasteiger partial charge in [0, 0.05) is 11.3 Å². The second kappa shape index (κ2) is 8.06. The topological polar surface area (TPSA) is 77.4 Å². The van der Waals surface area contributed by atoms with E-state index >= 15 is 0 Å². The highest BCUT2D eigenvalue weighted by Crippen LogP contribution is 2.34. The Morgan fingerprint density at radius 2 is 1.77 bits per heavy atom. The van der Waals surface area contributed by atoms with E-state index in [1.807, 2.05) is 39.0 Å². The van der Waals surface area contributed by atoms with Gasteiger partial charge in [-0.15, -0.1) is 0 Å². The maximum Gasteiger partial charge on any atom is 0.315 e. The van der Waals surface area contributed by atoms with Crippen molar-refractivity contribution in [3.05, 3.63) is 71.3 Å². The van der Waals surface area contributed by atoms with E-state index in [0.29, 0.717) is 11.5 Å². The van der Waals surface area contributed by atoms with Crippen molar-refractivity contribution in [3.63, 3.8) is 0 Å². The zero-order chi connectivity index (χ0) is 21.3. The quantitative estimate of drug-likeness (QED) is 0.662. The molecule has 0 saturated heterocycles. The fraction of sp³-hybridized carbons (Fsp3) is 0.273. The lowest BCUT2D eigenvalue weighted by atomic mass is 10.1. The number of hydrogen-bond acceptors (Lipinski definition) is 4. The van der Waals surface area contributed by atoms with Gasteiger partial charge < -0.3 is 20.1 Å². The van der Waals surface area contributed by atoms with E-state index in [2.05, 4.69) is 15.7 Å². The van der Waals surface area contributed by atoms with E-state index < -0.39 is 0 Å². The molecule has 8 heteroatoms. The fourth-order valence-corrected chi connectivity index (χ4v) is 3.47. The highest BCUT2D eigenvalue weighted by atomic mass is 19.1. The summed E-state index contributed by atoms with van der Waals surface area (Å²) in [5.41, 5.74) is 3.43. The van der Waals surface area contributed by atoms with Gasteiger partial charge in [-0.2, -0.15) is 5.10 Å². The molecule has 0 bridgehead atoms. The molecule has 1 aliphatic rings. The molecule has 7 nitrogen and oxygen atoms in total. The standard InChI is InChI=1S/C22H23FN4O3/c1-13(16-4-9-20-21(10-16)30-12-29-20)25-22(28)26-14(2)19-11-24-27(15(19)3)18-7-5-17(23)6-8-18/h4-11,13-14H,12H2,1-3H3,(H2,25,26,28)/t13-,14-/m0/s1. The minimum absolute atomic E-state index is 0.212. The zero-order valence-electron chi connectivity index (χ0n) is 17.0. The molecule has 0 spiro atoms. The molecule has 0 unspecified atom stereocenters. The van der Waals surface area contributed by atoms with E-state index in [1.165, 1.54) is 12.1 Å². The largest absolute Gasteiger partial charge is 0.454 e. The average molecular weight is 410 g/mol. The number of halogens is 1. The molecule has 0 fully saturated rings. The summed E-state index contributed by atoms with van der Waals surface area (Å²) < 4.78 is 25.6. The Bertz CT molecular complexity index is 1060. The van der Waals surface area contributed by atoms with Crippen LogP contribution in [-0.2, 0) is 0 Å². The van der Waals surface area contributed by atoms with E-state index in [-0.39, 0.29) is 30.7 Å². The Balaban J connectivity index is 1.40. The van der Waals surface area contributed by atoms with Gasteiger partial charge in [-0.3, -0.25) is 0 Å². The number of carbonyl (C=O) groups excluding carboxylic acids is 1.